The Labute approximate surface area is 506 Å². The number of carbonyl (C=O) groups excluding carboxylic acids is 3. The SMILES string of the molecule is CC/C=C\C/C=C\C/C=C\C/C=C\C/C=C\C/C=C\C/C=C\C/C=C\CCCCC(=O)OCC(COC(=O)CCCCCCCCC/C=C\C/C=C\C/C=C\CC)OC(=O)CCCCCCCCCCCCCCCCCCCCCC. The van der Waals surface area contributed by atoms with Crippen molar-refractivity contribution in [1.29, 1.82) is 0 Å². The molecule has 0 fully saturated rings. The van der Waals surface area contributed by atoms with Crippen molar-refractivity contribution in [2.24, 2.45) is 0 Å². The molecule has 6 heteroatoms. The lowest BCUT2D eigenvalue weighted by atomic mass is 10.0. The first-order valence-corrected chi connectivity index (χ1v) is 34.2. The second-order valence-electron chi connectivity index (χ2n) is 22.3. The van der Waals surface area contributed by atoms with Crippen LogP contribution in [-0.2, 0) is 28.6 Å². The lowest BCUT2D eigenvalue weighted by Crippen LogP contribution is -2.30. The molecule has 6 nitrogen and oxygen atoms in total. The van der Waals surface area contributed by atoms with Crippen LogP contribution in [0.25, 0.3) is 0 Å². The van der Waals surface area contributed by atoms with E-state index in [1.54, 1.807) is 0 Å². The van der Waals surface area contributed by atoms with Crippen LogP contribution >= 0.6 is 0 Å². The first kappa shape index (κ1) is 77.5. The van der Waals surface area contributed by atoms with E-state index in [1.807, 2.05) is 0 Å². The smallest absolute Gasteiger partial charge is 0.306 e. The number of rotatable bonds is 61. The molecule has 1 unspecified atom stereocenters. The van der Waals surface area contributed by atoms with Gasteiger partial charge in [0.15, 0.2) is 6.10 Å². The van der Waals surface area contributed by atoms with Gasteiger partial charge in [-0.05, 0) is 116 Å². The van der Waals surface area contributed by atoms with Crippen LogP contribution in [0.2, 0.25) is 0 Å². The summed E-state index contributed by atoms with van der Waals surface area (Å²) in [7, 11) is 0. The Morgan fingerprint density at radius 2 is 0.476 bits per heavy atom. The van der Waals surface area contributed by atoms with Crippen molar-refractivity contribution >= 4 is 17.9 Å². The Hall–Kier alpha value is -4.45. The van der Waals surface area contributed by atoms with Crippen LogP contribution in [0, 0.1) is 0 Å². The van der Waals surface area contributed by atoms with E-state index < -0.39 is 6.10 Å². The highest BCUT2D eigenvalue weighted by Crippen LogP contribution is 2.17. The van der Waals surface area contributed by atoms with E-state index in [0.717, 1.165) is 128 Å². The highest BCUT2D eigenvalue weighted by molar-refractivity contribution is 5.71. The van der Waals surface area contributed by atoms with Gasteiger partial charge < -0.3 is 14.2 Å². The number of esters is 3. The second kappa shape index (κ2) is 69.0. The van der Waals surface area contributed by atoms with Crippen molar-refractivity contribution in [3.05, 3.63) is 134 Å². The van der Waals surface area contributed by atoms with Gasteiger partial charge in [0.25, 0.3) is 0 Å². The van der Waals surface area contributed by atoms with Gasteiger partial charge in [-0.2, -0.15) is 0 Å². The summed E-state index contributed by atoms with van der Waals surface area (Å²) in [5.74, 6) is -0.943. The van der Waals surface area contributed by atoms with Gasteiger partial charge in [0.05, 0.1) is 0 Å². The molecule has 0 bridgehead atoms. The largest absolute Gasteiger partial charge is 0.462 e. The summed E-state index contributed by atoms with van der Waals surface area (Å²) in [6.45, 7) is 6.40. The minimum Gasteiger partial charge on any atom is -0.462 e. The maximum absolute atomic E-state index is 13.0. The van der Waals surface area contributed by atoms with Gasteiger partial charge >= 0.3 is 17.9 Å². The average molecular weight is 1140 g/mol. The van der Waals surface area contributed by atoms with Crippen molar-refractivity contribution in [2.45, 2.75) is 316 Å². The van der Waals surface area contributed by atoms with Crippen LogP contribution in [-0.4, -0.2) is 37.2 Å². The minimum atomic E-state index is -0.805. The molecule has 0 saturated carbocycles. The predicted octanol–water partition coefficient (Wildman–Crippen LogP) is 23.7. The van der Waals surface area contributed by atoms with Gasteiger partial charge in [0.2, 0.25) is 0 Å². The molecule has 0 aromatic carbocycles. The second-order valence-corrected chi connectivity index (χ2v) is 22.3. The highest BCUT2D eigenvalue weighted by atomic mass is 16.6. The Morgan fingerprint density at radius 3 is 0.768 bits per heavy atom. The molecule has 0 saturated heterocycles. The topological polar surface area (TPSA) is 78.9 Å². The number of carbonyl (C=O) groups is 3. The van der Waals surface area contributed by atoms with E-state index in [-0.39, 0.29) is 31.1 Å². The molecule has 0 aliphatic rings. The van der Waals surface area contributed by atoms with Crippen molar-refractivity contribution in [2.75, 3.05) is 13.2 Å². The zero-order valence-electron chi connectivity index (χ0n) is 53.5. The fraction of sp³-hybridized carbons (Fsp3) is 0.671. The van der Waals surface area contributed by atoms with Gasteiger partial charge in [-0.25, -0.2) is 0 Å². The number of unbranched alkanes of at least 4 members (excludes halogenated alkanes) is 28. The van der Waals surface area contributed by atoms with Crippen molar-refractivity contribution in [3.8, 4) is 0 Å². The molecule has 0 aliphatic carbocycles. The normalized spacial score (nSPS) is 13.0. The van der Waals surface area contributed by atoms with Crippen LogP contribution in [0.1, 0.15) is 310 Å². The van der Waals surface area contributed by atoms with Crippen molar-refractivity contribution in [1.82, 2.24) is 0 Å². The van der Waals surface area contributed by atoms with Crippen LogP contribution in [0.4, 0.5) is 0 Å². The summed E-state index contributed by atoms with van der Waals surface area (Å²) in [4.78, 5) is 38.4. The third-order valence-corrected chi connectivity index (χ3v) is 14.4. The third-order valence-electron chi connectivity index (χ3n) is 14.4. The maximum Gasteiger partial charge on any atom is 0.306 e. The van der Waals surface area contributed by atoms with Crippen LogP contribution < -0.4 is 0 Å². The third kappa shape index (κ3) is 66.4. The summed E-state index contributed by atoms with van der Waals surface area (Å²) in [5, 5.41) is 0. The van der Waals surface area contributed by atoms with Crippen molar-refractivity contribution in [3.63, 3.8) is 0 Å². The molecular formula is C76H126O6. The van der Waals surface area contributed by atoms with E-state index in [2.05, 4.69) is 154 Å². The molecule has 0 radical (unpaired) electrons. The van der Waals surface area contributed by atoms with Gasteiger partial charge in [0, 0.05) is 19.3 Å². The van der Waals surface area contributed by atoms with E-state index in [1.165, 1.54) is 135 Å². The number of hydrogen-bond donors (Lipinski definition) is 0. The molecule has 0 aliphatic heterocycles. The van der Waals surface area contributed by atoms with Gasteiger partial charge in [-0.3, -0.25) is 14.4 Å². The summed E-state index contributed by atoms with van der Waals surface area (Å²) < 4.78 is 16.9. The average Bonchev–Trinajstić information content (AvgIpc) is 3.47. The lowest BCUT2D eigenvalue weighted by molar-refractivity contribution is -0.167. The number of allylic oxidation sites excluding steroid dienone is 22. The quantitative estimate of drug-likeness (QED) is 0.0261. The van der Waals surface area contributed by atoms with Crippen LogP contribution in [0.15, 0.2) is 134 Å². The zero-order valence-corrected chi connectivity index (χ0v) is 53.5. The Bertz CT molecular complexity index is 1730. The predicted molar refractivity (Wildman–Crippen MR) is 357 cm³/mol. The summed E-state index contributed by atoms with van der Waals surface area (Å²) in [5.41, 5.74) is 0. The minimum absolute atomic E-state index is 0.0984. The van der Waals surface area contributed by atoms with Crippen molar-refractivity contribution < 1.29 is 28.6 Å². The number of hydrogen-bond acceptors (Lipinski definition) is 6. The van der Waals surface area contributed by atoms with Gasteiger partial charge in [-0.1, -0.05) is 309 Å². The molecular weight excluding hydrogens is 1010 g/mol. The molecule has 0 amide bonds. The molecule has 0 aromatic heterocycles. The first-order chi connectivity index (χ1) is 40.5. The molecule has 0 rings (SSSR count). The zero-order chi connectivity index (χ0) is 59.2. The Morgan fingerprint density at radius 1 is 0.256 bits per heavy atom. The molecule has 0 spiro atoms. The number of ether oxygens (including phenoxy) is 3. The molecule has 466 valence electrons. The van der Waals surface area contributed by atoms with Crippen LogP contribution in [0.3, 0.4) is 0 Å². The summed E-state index contributed by atoms with van der Waals surface area (Å²) in [6.07, 6.45) is 97.5. The monoisotopic (exact) mass is 1130 g/mol. The first-order valence-electron chi connectivity index (χ1n) is 34.2. The van der Waals surface area contributed by atoms with E-state index in [0.29, 0.717) is 25.7 Å². The Kier molecular flexibility index (Phi) is 65.3. The standard InChI is InChI=1S/C76H126O6/c1-4-7-10-13-16-19-22-25-28-31-33-35-36-37-38-39-40-41-43-45-48-51-54-57-60-63-66-69-75(78)81-72-73(71-80-74(77)68-65-62-59-56-53-50-47-44-30-27-24-21-18-15-12-9-6-3)82-76(79)70-67-64-61-58-55-52-49-46-42-34-32-29-26-23-20-17-14-11-8-5-2/h7,9-10,12,16,18-19,21,25,27-28,30,33,35,37-38,40-41,45,48,54,57,73H,4-6,8,11,13-15,17,20,22-24,26,29,31-32,34,36,39,42-44,46-47,49-53,55-56,58-72H2,1-3H3/b10-7-,12-9-,19-16-,21-18-,28-25-,30-27-,35-33-,38-37-,41-40-,48-45-,57-54-. The lowest BCUT2D eigenvalue weighted by Gasteiger charge is -2.18. The van der Waals surface area contributed by atoms with Crippen LogP contribution in [0.5, 0.6) is 0 Å². The fourth-order valence-corrected chi connectivity index (χ4v) is 9.36. The molecule has 0 N–H and O–H groups in total. The molecule has 0 heterocycles. The highest BCUT2D eigenvalue weighted by Gasteiger charge is 2.19. The van der Waals surface area contributed by atoms with E-state index >= 15 is 0 Å². The van der Waals surface area contributed by atoms with Gasteiger partial charge in [0.1, 0.15) is 13.2 Å². The molecule has 82 heavy (non-hydrogen) atoms. The summed E-state index contributed by atoms with van der Waals surface area (Å²) >= 11 is 0. The molecule has 0 aromatic rings. The van der Waals surface area contributed by atoms with Gasteiger partial charge in [-0.15, -0.1) is 0 Å². The van der Waals surface area contributed by atoms with E-state index in [9.17, 15) is 14.4 Å². The fourth-order valence-electron chi connectivity index (χ4n) is 9.36. The Balaban J connectivity index is 4.46. The maximum atomic E-state index is 13.0. The van der Waals surface area contributed by atoms with E-state index in [4.69, 9.17) is 14.2 Å². The molecule has 1 atom stereocenters. The summed E-state index contributed by atoms with van der Waals surface area (Å²) in [6, 6.07) is 0.